The third-order valence-electron chi connectivity index (χ3n) is 2.32. The maximum absolute atomic E-state index is 13.2. The van der Waals surface area contributed by atoms with Crippen LogP contribution in [0.4, 0.5) is 10.1 Å². The summed E-state index contributed by atoms with van der Waals surface area (Å²) in [6.45, 7) is 5.88. The number of hydrogen-bond acceptors (Lipinski definition) is 2. The first-order chi connectivity index (χ1) is 6.90. The quantitative estimate of drug-likeness (QED) is 0.802. The molecule has 84 valence electrons. The minimum atomic E-state index is -0.686. The van der Waals surface area contributed by atoms with E-state index >= 15 is 0 Å². The highest BCUT2D eigenvalue weighted by atomic mass is 19.1. The topological polar surface area (TPSA) is 32.3 Å². The molecular formula is C12H18FNO. The van der Waals surface area contributed by atoms with Crippen LogP contribution in [0.15, 0.2) is 18.2 Å². The molecule has 0 aliphatic carbocycles. The Morgan fingerprint density at radius 3 is 2.67 bits per heavy atom. The van der Waals surface area contributed by atoms with E-state index in [1.165, 1.54) is 6.07 Å². The van der Waals surface area contributed by atoms with Gasteiger partial charge in [-0.05, 0) is 39.3 Å². The summed E-state index contributed by atoms with van der Waals surface area (Å²) in [5.74, 6) is -0.205. The molecule has 15 heavy (non-hydrogen) atoms. The Labute approximate surface area is 90.1 Å². The van der Waals surface area contributed by atoms with Gasteiger partial charge >= 0.3 is 0 Å². The monoisotopic (exact) mass is 211 g/mol. The maximum atomic E-state index is 13.2. The van der Waals surface area contributed by atoms with Crippen molar-refractivity contribution in [3.8, 4) is 0 Å². The zero-order valence-corrected chi connectivity index (χ0v) is 9.47. The standard InChI is InChI=1S/C12H18FNO/c1-9-10(13)5-4-6-11(9)14-8-7-12(2,3)15/h4-6,14-15H,7-8H2,1-3H3. The molecule has 3 heteroatoms. The summed E-state index contributed by atoms with van der Waals surface area (Å²) in [6.07, 6.45) is 0.628. The molecule has 1 aromatic rings. The highest BCUT2D eigenvalue weighted by Gasteiger charge is 2.11. The minimum Gasteiger partial charge on any atom is -0.390 e. The van der Waals surface area contributed by atoms with Gasteiger partial charge in [0.1, 0.15) is 5.82 Å². The molecule has 0 bridgehead atoms. The van der Waals surface area contributed by atoms with Gasteiger partial charge in [-0.2, -0.15) is 0 Å². The molecule has 0 aromatic heterocycles. The van der Waals surface area contributed by atoms with E-state index in [4.69, 9.17) is 0 Å². The van der Waals surface area contributed by atoms with Gasteiger partial charge in [0.15, 0.2) is 0 Å². The fourth-order valence-electron chi connectivity index (χ4n) is 1.30. The first-order valence-corrected chi connectivity index (χ1v) is 5.11. The third kappa shape index (κ3) is 3.88. The van der Waals surface area contributed by atoms with Crippen molar-refractivity contribution in [1.82, 2.24) is 0 Å². The molecule has 1 aromatic carbocycles. The lowest BCUT2D eigenvalue weighted by Gasteiger charge is -2.18. The average Bonchev–Trinajstić information content (AvgIpc) is 2.10. The average molecular weight is 211 g/mol. The van der Waals surface area contributed by atoms with Crippen LogP contribution in [0.1, 0.15) is 25.8 Å². The summed E-state index contributed by atoms with van der Waals surface area (Å²) in [6, 6.07) is 4.95. The van der Waals surface area contributed by atoms with Gasteiger partial charge in [0.25, 0.3) is 0 Å². The molecule has 0 radical (unpaired) electrons. The molecule has 1 rings (SSSR count). The molecule has 0 unspecified atom stereocenters. The van der Waals surface area contributed by atoms with Gasteiger partial charge in [-0.3, -0.25) is 0 Å². The summed E-state index contributed by atoms with van der Waals surface area (Å²) >= 11 is 0. The van der Waals surface area contributed by atoms with E-state index < -0.39 is 5.60 Å². The lowest BCUT2D eigenvalue weighted by atomic mass is 10.1. The van der Waals surface area contributed by atoms with Gasteiger partial charge in [0.2, 0.25) is 0 Å². The molecule has 0 saturated heterocycles. The molecule has 0 atom stereocenters. The van der Waals surface area contributed by atoms with Crippen LogP contribution < -0.4 is 5.32 Å². The maximum Gasteiger partial charge on any atom is 0.128 e. The van der Waals surface area contributed by atoms with Gasteiger partial charge in [0.05, 0.1) is 5.60 Å². The molecular weight excluding hydrogens is 193 g/mol. The normalized spacial score (nSPS) is 11.5. The van der Waals surface area contributed by atoms with Crippen LogP contribution in [0.5, 0.6) is 0 Å². The summed E-state index contributed by atoms with van der Waals surface area (Å²) < 4.78 is 13.2. The lowest BCUT2D eigenvalue weighted by molar-refractivity contribution is 0.0749. The van der Waals surface area contributed by atoms with Crippen molar-refractivity contribution in [2.75, 3.05) is 11.9 Å². The first-order valence-electron chi connectivity index (χ1n) is 5.11. The predicted octanol–water partition coefficient (Wildman–Crippen LogP) is 2.71. The number of benzene rings is 1. The lowest BCUT2D eigenvalue weighted by Crippen LogP contribution is -2.22. The second-order valence-electron chi connectivity index (χ2n) is 4.40. The van der Waals surface area contributed by atoms with Crippen molar-refractivity contribution in [2.24, 2.45) is 0 Å². The summed E-state index contributed by atoms with van der Waals surface area (Å²) in [4.78, 5) is 0. The van der Waals surface area contributed by atoms with Crippen LogP contribution in [-0.2, 0) is 0 Å². The molecule has 0 spiro atoms. The smallest absolute Gasteiger partial charge is 0.128 e. The van der Waals surface area contributed by atoms with E-state index in [-0.39, 0.29) is 5.82 Å². The first kappa shape index (κ1) is 12.0. The zero-order chi connectivity index (χ0) is 11.5. The molecule has 0 saturated carbocycles. The van der Waals surface area contributed by atoms with E-state index in [0.29, 0.717) is 18.5 Å². The van der Waals surface area contributed by atoms with Gasteiger partial charge < -0.3 is 10.4 Å². The Morgan fingerprint density at radius 1 is 1.40 bits per heavy atom. The summed E-state index contributed by atoms with van der Waals surface area (Å²) in [5.41, 5.74) is 0.723. The van der Waals surface area contributed by atoms with Crippen molar-refractivity contribution in [2.45, 2.75) is 32.8 Å². The van der Waals surface area contributed by atoms with E-state index in [0.717, 1.165) is 5.69 Å². The summed E-state index contributed by atoms with van der Waals surface area (Å²) in [5, 5.41) is 12.6. The fraction of sp³-hybridized carbons (Fsp3) is 0.500. The highest BCUT2D eigenvalue weighted by molar-refractivity contribution is 5.50. The van der Waals surface area contributed by atoms with Crippen molar-refractivity contribution in [3.05, 3.63) is 29.6 Å². The Bertz CT molecular complexity index is 331. The van der Waals surface area contributed by atoms with E-state index in [1.54, 1.807) is 26.8 Å². The number of nitrogens with one attached hydrogen (secondary N) is 1. The Kier molecular flexibility index (Phi) is 3.69. The van der Waals surface area contributed by atoms with Gasteiger partial charge in [-0.1, -0.05) is 6.07 Å². The number of anilines is 1. The van der Waals surface area contributed by atoms with Crippen molar-refractivity contribution < 1.29 is 9.50 Å². The van der Waals surface area contributed by atoms with Crippen LogP contribution >= 0.6 is 0 Å². The number of rotatable bonds is 4. The van der Waals surface area contributed by atoms with Crippen LogP contribution in [0.25, 0.3) is 0 Å². The second kappa shape index (κ2) is 4.62. The highest BCUT2D eigenvalue weighted by Crippen LogP contribution is 2.18. The van der Waals surface area contributed by atoms with Gasteiger partial charge in [-0.25, -0.2) is 4.39 Å². The van der Waals surface area contributed by atoms with E-state index in [1.807, 2.05) is 6.07 Å². The van der Waals surface area contributed by atoms with E-state index in [9.17, 15) is 9.50 Å². The number of halogens is 1. The number of aliphatic hydroxyl groups is 1. The second-order valence-corrected chi connectivity index (χ2v) is 4.40. The van der Waals surface area contributed by atoms with Crippen LogP contribution in [0.2, 0.25) is 0 Å². The van der Waals surface area contributed by atoms with E-state index in [2.05, 4.69) is 5.32 Å². The van der Waals surface area contributed by atoms with Crippen LogP contribution in [0, 0.1) is 12.7 Å². The Hall–Kier alpha value is -1.09. The molecule has 0 amide bonds. The van der Waals surface area contributed by atoms with Gasteiger partial charge in [0, 0.05) is 17.8 Å². The predicted molar refractivity (Wildman–Crippen MR) is 60.5 cm³/mol. The van der Waals surface area contributed by atoms with Gasteiger partial charge in [-0.15, -0.1) is 0 Å². The van der Waals surface area contributed by atoms with Crippen LogP contribution in [0.3, 0.4) is 0 Å². The summed E-state index contributed by atoms with van der Waals surface area (Å²) in [7, 11) is 0. The zero-order valence-electron chi connectivity index (χ0n) is 9.47. The van der Waals surface area contributed by atoms with Crippen molar-refractivity contribution in [3.63, 3.8) is 0 Å². The molecule has 0 aliphatic heterocycles. The molecule has 0 aliphatic rings. The molecule has 0 fully saturated rings. The third-order valence-corrected chi connectivity index (χ3v) is 2.32. The van der Waals surface area contributed by atoms with Crippen LogP contribution in [-0.4, -0.2) is 17.3 Å². The number of hydrogen-bond donors (Lipinski definition) is 2. The van der Waals surface area contributed by atoms with Crippen molar-refractivity contribution in [1.29, 1.82) is 0 Å². The molecule has 2 N–H and O–H groups in total. The largest absolute Gasteiger partial charge is 0.390 e. The van der Waals surface area contributed by atoms with Crippen molar-refractivity contribution >= 4 is 5.69 Å². The molecule has 2 nitrogen and oxygen atoms in total. The minimum absolute atomic E-state index is 0.205. The SMILES string of the molecule is Cc1c(F)cccc1NCCC(C)(C)O. The molecule has 0 heterocycles. The Morgan fingerprint density at radius 2 is 2.07 bits per heavy atom. The fourth-order valence-corrected chi connectivity index (χ4v) is 1.30. The Balaban J connectivity index is 2.55.